The van der Waals surface area contributed by atoms with Crippen LogP contribution in [0.3, 0.4) is 0 Å². The van der Waals surface area contributed by atoms with Crippen molar-refractivity contribution in [1.29, 1.82) is 0 Å². The van der Waals surface area contributed by atoms with E-state index >= 15 is 0 Å². The van der Waals surface area contributed by atoms with E-state index < -0.39 is 0 Å². The van der Waals surface area contributed by atoms with Gasteiger partial charge in [-0.1, -0.05) is 13.0 Å². The summed E-state index contributed by atoms with van der Waals surface area (Å²) in [6, 6.07) is 0. The molecule has 0 fully saturated rings. The van der Waals surface area contributed by atoms with Gasteiger partial charge in [0.25, 0.3) is 0 Å². The van der Waals surface area contributed by atoms with Gasteiger partial charge in [0, 0.05) is 6.21 Å². The number of allylic oxidation sites excluding steroid dienone is 1. The number of hydrogen-bond acceptors (Lipinski definition) is 2. The number of hydrogen-bond donors (Lipinski definition) is 0. The van der Waals surface area contributed by atoms with E-state index in [4.69, 9.17) is 0 Å². The molecule has 1 heterocycles. The second-order valence-corrected chi connectivity index (χ2v) is 3.33. The number of dihydropyridines is 1. The van der Waals surface area contributed by atoms with Gasteiger partial charge < -0.3 is 0 Å². The van der Waals surface area contributed by atoms with Crippen LogP contribution in [0.15, 0.2) is 17.1 Å². The van der Waals surface area contributed by atoms with Crippen molar-refractivity contribution in [2.45, 2.75) is 18.7 Å². The highest BCUT2D eigenvalue weighted by atomic mass is 32.2. The summed E-state index contributed by atoms with van der Waals surface area (Å²) in [4.78, 5) is 4.27. The first kappa shape index (κ1) is 6.87. The van der Waals surface area contributed by atoms with Crippen molar-refractivity contribution in [2.24, 2.45) is 4.99 Å². The fourth-order valence-electron chi connectivity index (χ4n) is 0.766. The lowest BCUT2D eigenvalue weighted by atomic mass is 10.3. The maximum Gasteiger partial charge on any atom is 0.0985 e. The van der Waals surface area contributed by atoms with Crippen LogP contribution in [0.4, 0.5) is 0 Å². The molecule has 0 radical (unpaired) electrons. The summed E-state index contributed by atoms with van der Waals surface area (Å²) in [7, 11) is 0. The molecule has 1 rings (SSSR count). The second kappa shape index (κ2) is 3.72. The SMILES string of the molecule is CCSC1CC=CC=N1. The molecule has 0 saturated heterocycles. The Morgan fingerprint density at radius 1 is 1.78 bits per heavy atom. The van der Waals surface area contributed by atoms with Crippen molar-refractivity contribution in [3.63, 3.8) is 0 Å². The van der Waals surface area contributed by atoms with Gasteiger partial charge in [0.2, 0.25) is 0 Å². The molecule has 0 aliphatic carbocycles. The van der Waals surface area contributed by atoms with Crippen LogP contribution < -0.4 is 0 Å². The maximum absolute atomic E-state index is 4.27. The van der Waals surface area contributed by atoms with E-state index in [1.54, 1.807) is 0 Å². The Balaban J connectivity index is 2.28. The van der Waals surface area contributed by atoms with Crippen LogP contribution in [0.1, 0.15) is 13.3 Å². The van der Waals surface area contributed by atoms with Crippen molar-refractivity contribution in [3.8, 4) is 0 Å². The summed E-state index contributed by atoms with van der Waals surface area (Å²) in [5.74, 6) is 1.16. The molecule has 0 aromatic heterocycles. The highest BCUT2D eigenvalue weighted by Gasteiger charge is 2.03. The van der Waals surface area contributed by atoms with E-state index in [0.29, 0.717) is 5.37 Å². The zero-order valence-electron chi connectivity index (χ0n) is 5.58. The summed E-state index contributed by atoms with van der Waals surface area (Å²) in [5, 5.41) is 0.500. The van der Waals surface area contributed by atoms with Crippen LogP contribution >= 0.6 is 11.8 Å². The van der Waals surface area contributed by atoms with E-state index in [9.17, 15) is 0 Å². The van der Waals surface area contributed by atoms with Gasteiger partial charge in [0.15, 0.2) is 0 Å². The molecule has 1 aliphatic heterocycles. The molecule has 1 aliphatic rings. The molecule has 50 valence electrons. The molecule has 0 saturated carbocycles. The van der Waals surface area contributed by atoms with E-state index in [0.717, 1.165) is 12.2 Å². The lowest BCUT2D eigenvalue weighted by molar-refractivity contribution is 0.930. The topological polar surface area (TPSA) is 12.4 Å². The van der Waals surface area contributed by atoms with Crippen LogP contribution in [-0.4, -0.2) is 17.3 Å². The molecule has 0 bridgehead atoms. The predicted molar refractivity (Wildman–Crippen MR) is 44.2 cm³/mol. The maximum atomic E-state index is 4.27. The minimum absolute atomic E-state index is 0.500. The lowest BCUT2D eigenvalue weighted by Crippen LogP contribution is -2.00. The summed E-state index contributed by atoms with van der Waals surface area (Å²) in [6.45, 7) is 2.17. The number of nitrogens with zero attached hydrogens (tertiary/aromatic N) is 1. The minimum atomic E-state index is 0.500. The molecule has 1 unspecified atom stereocenters. The number of thioether (sulfide) groups is 1. The first-order valence-electron chi connectivity index (χ1n) is 3.23. The van der Waals surface area contributed by atoms with Crippen LogP contribution in [0, 0.1) is 0 Å². The fourth-order valence-corrected chi connectivity index (χ4v) is 1.55. The average molecular weight is 141 g/mol. The van der Waals surface area contributed by atoms with Crippen LogP contribution in [-0.2, 0) is 0 Å². The standard InChI is InChI=1S/C7H11NS/c1-2-9-7-5-3-4-6-8-7/h3-4,6-7H,2,5H2,1H3. The zero-order chi connectivity index (χ0) is 6.53. The van der Waals surface area contributed by atoms with Gasteiger partial charge in [-0.3, -0.25) is 4.99 Å². The van der Waals surface area contributed by atoms with Gasteiger partial charge in [0.05, 0.1) is 5.37 Å². The molecular weight excluding hydrogens is 130 g/mol. The molecular formula is C7H11NS. The lowest BCUT2D eigenvalue weighted by Gasteiger charge is -2.09. The third-order valence-corrected chi connectivity index (χ3v) is 2.20. The van der Waals surface area contributed by atoms with E-state index in [2.05, 4.69) is 18.0 Å². The largest absolute Gasteiger partial charge is 0.279 e. The van der Waals surface area contributed by atoms with Crippen molar-refractivity contribution < 1.29 is 0 Å². The molecule has 1 atom stereocenters. The zero-order valence-corrected chi connectivity index (χ0v) is 6.40. The molecule has 0 amide bonds. The van der Waals surface area contributed by atoms with Crippen LogP contribution in [0.25, 0.3) is 0 Å². The summed E-state index contributed by atoms with van der Waals surface area (Å²) < 4.78 is 0. The van der Waals surface area contributed by atoms with E-state index in [1.165, 1.54) is 0 Å². The van der Waals surface area contributed by atoms with Gasteiger partial charge in [0.1, 0.15) is 0 Å². The Morgan fingerprint density at radius 3 is 3.22 bits per heavy atom. The van der Waals surface area contributed by atoms with Crippen molar-refractivity contribution in [2.75, 3.05) is 5.75 Å². The smallest absolute Gasteiger partial charge is 0.0985 e. The Kier molecular flexibility index (Phi) is 2.84. The second-order valence-electron chi connectivity index (χ2n) is 1.87. The number of aliphatic imine (C=N–C) groups is 1. The van der Waals surface area contributed by atoms with E-state index in [1.807, 2.05) is 24.1 Å². The molecule has 1 nitrogen and oxygen atoms in total. The number of rotatable bonds is 2. The molecule has 0 N–H and O–H groups in total. The van der Waals surface area contributed by atoms with Crippen LogP contribution in [0.2, 0.25) is 0 Å². The molecule has 2 heteroatoms. The Morgan fingerprint density at radius 2 is 2.67 bits per heavy atom. The first-order chi connectivity index (χ1) is 4.43. The fraction of sp³-hybridized carbons (Fsp3) is 0.571. The average Bonchev–Trinajstić information content (AvgIpc) is 1.91. The quantitative estimate of drug-likeness (QED) is 0.573. The van der Waals surface area contributed by atoms with Gasteiger partial charge in [-0.05, 0) is 18.2 Å². The van der Waals surface area contributed by atoms with Crippen LogP contribution in [0.5, 0.6) is 0 Å². The summed E-state index contributed by atoms with van der Waals surface area (Å²) in [6.07, 6.45) is 7.17. The summed E-state index contributed by atoms with van der Waals surface area (Å²) >= 11 is 1.90. The van der Waals surface area contributed by atoms with Crippen molar-refractivity contribution in [3.05, 3.63) is 12.2 Å². The highest BCUT2D eigenvalue weighted by Crippen LogP contribution is 2.17. The first-order valence-corrected chi connectivity index (χ1v) is 4.28. The highest BCUT2D eigenvalue weighted by molar-refractivity contribution is 7.99. The molecule has 0 spiro atoms. The van der Waals surface area contributed by atoms with Crippen molar-refractivity contribution in [1.82, 2.24) is 0 Å². The van der Waals surface area contributed by atoms with Gasteiger partial charge >= 0.3 is 0 Å². The predicted octanol–water partition coefficient (Wildman–Crippen LogP) is 2.10. The monoisotopic (exact) mass is 141 g/mol. The Bertz CT molecular complexity index is 129. The minimum Gasteiger partial charge on any atom is -0.279 e. The molecule has 9 heavy (non-hydrogen) atoms. The summed E-state index contributed by atoms with van der Waals surface area (Å²) in [5.41, 5.74) is 0. The molecule has 0 aromatic carbocycles. The third kappa shape index (κ3) is 2.22. The Labute approximate surface area is 60.3 Å². The van der Waals surface area contributed by atoms with E-state index in [-0.39, 0.29) is 0 Å². The molecule has 0 aromatic rings. The van der Waals surface area contributed by atoms with Crippen molar-refractivity contribution >= 4 is 18.0 Å². The normalized spacial score (nSPS) is 24.8. The Hall–Kier alpha value is -0.240. The van der Waals surface area contributed by atoms with Gasteiger partial charge in [-0.15, -0.1) is 11.8 Å². The third-order valence-electron chi connectivity index (χ3n) is 1.17. The van der Waals surface area contributed by atoms with Gasteiger partial charge in [-0.25, -0.2) is 0 Å². The van der Waals surface area contributed by atoms with Gasteiger partial charge in [-0.2, -0.15) is 0 Å².